The molecule has 24 heavy (non-hydrogen) atoms. The van der Waals surface area contributed by atoms with E-state index in [1.165, 1.54) is 0 Å². The Morgan fingerprint density at radius 3 is 2.58 bits per heavy atom. The molecule has 0 aliphatic carbocycles. The summed E-state index contributed by atoms with van der Waals surface area (Å²) in [6.07, 6.45) is 0. The third kappa shape index (κ3) is 2.93. The highest BCUT2D eigenvalue weighted by Gasteiger charge is 2.17. The Bertz CT molecular complexity index is 948. The summed E-state index contributed by atoms with van der Waals surface area (Å²) in [6, 6.07) is 14.4. The van der Waals surface area contributed by atoms with E-state index in [0.717, 1.165) is 5.56 Å². The fourth-order valence-electron chi connectivity index (χ4n) is 2.61. The second-order valence-electron chi connectivity index (χ2n) is 5.38. The molecule has 122 valence electrons. The summed E-state index contributed by atoms with van der Waals surface area (Å²) < 4.78 is 6.00. The van der Waals surface area contributed by atoms with E-state index in [0.29, 0.717) is 40.3 Å². The van der Waals surface area contributed by atoms with E-state index in [-0.39, 0.29) is 11.3 Å². The molecule has 1 aromatic heterocycles. The molecule has 1 heterocycles. The molecule has 0 fully saturated rings. The average Bonchev–Trinajstić information content (AvgIpc) is 2.63. The maximum absolute atomic E-state index is 12.7. The van der Waals surface area contributed by atoms with Crippen molar-refractivity contribution >= 4 is 28.5 Å². The minimum Gasteiger partial charge on any atom is -0.455 e. The molecule has 0 radical (unpaired) electrons. The number of para-hydroxylation sites is 1. The molecule has 1 N–H and O–H groups in total. The van der Waals surface area contributed by atoms with Crippen LogP contribution in [0.15, 0.2) is 57.7 Å². The Kier molecular flexibility index (Phi) is 4.67. The van der Waals surface area contributed by atoms with Gasteiger partial charge in [0.05, 0.1) is 10.9 Å². The number of hydrogen-bond donors (Lipinski definition) is 1. The summed E-state index contributed by atoms with van der Waals surface area (Å²) in [6.45, 7) is 2.08. The largest absolute Gasteiger partial charge is 0.455 e. The summed E-state index contributed by atoms with van der Waals surface area (Å²) in [7, 11) is 0. The van der Waals surface area contributed by atoms with Crippen LogP contribution in [0.1, 0.15) is 15.9 Å². The van der Waals surface area contributed by atoms with Crippen LogP contribution in [0.5, 0.6) is 0 Å². The molecule has 4 nitrogen and oxygen atoms in total. The van der Waals surface area contributed by atoms with Gasteiger partial charge in [0, 0.05) is 23.6 Å². The molecule has 5 heteroatoms. The summed E-state index contributed by atoms with van der Waals surface area (Å²) in [5.41, 5.74) is 1.80. The quantitative estimate of drug-likeness (QED) is 0.735. The predicted octanol–water partition coefficient (Wildman–Crippen LogP) is 3.74. The first kappa shape index (κ1) is 16.3. The van der Waals surface area contributed by atoms with E-state index >= 15 is 0 Å². The van der Waals surface area contributed by atoms with Crippen LogP contribution >= 0.6 is 11.6 Å². The normalized spacial score (nSPS) is 10.8. The van der Waals surface area contributed by atoms with Crippen molar-refractivity contribution in [2.24, 2.45) is 0 Å². The number of alkyl halides is 1. The van der Waals surface area contributed by atoms with E-state index in [9.17, 15) is 9.59 Å². The number of amides is 1. The topological polar surface area (TPSA) is 59.3 Å². The number of rotatable bonds is 4. The maximum Gasteiger partial charge on any atom is 0.255 e. The van der Waals surface area contributed by atoms with Gasteiger partial charge in [-0.3, -0.25) is 9.59 Å². The molecule has 2 aromatic carbocycles. The van der Waals surface area contributed by atoms with Crippen LogP contribution in [0.2, 0.25) is 0 Å². The number of benzene rings is 2. The number of fused-ring (bicyclic) bond motifs is 1. The van der Waals surface area contributed by atoms with E-state index in [1.807, 2.05) is 30.3 Å². The van der Waals surface area contributed by atoms with Gasteiger partial charge in [0.25, 0.3) is 5.91 Å². The van der Waals surface area contributed by atoms with E-state index in [1.54, 1.807) is 25.1 Å². The third-order valence-corrected chi connectivity index (χ3v) is 3.99. The fourth-order valence-corrected chi connectivity index (χ4v) is 2.70. The molecule has 3 aromatic rings. The molecule has 0 spiro atoms. The van der Waals surface area contributed by atoms with Crippen molar-refractivity contribution in [1.82, 2.24) is 5.32 Å². The second-order valence-corrected chi connectivity index (χ2v) is 5.76. The molecule has 0 unspecified atom stereocenters. The molecule has 1 amide bonds. The lowest BCUT2D eigenvalue weighted by molar-refractivity contribution is 0.0956. The Balaban J connectivity index is 2.25. The first-order valence-electron chi connectivity index (χ1n) is 7.59. The van der Waals surface area contributed by atoms with Gasteiger partial charge in [-0.1, -0.05) is 36.4 Å². The molecule has 0 saturated heterocycles. The second kappa shape index (κ2) is 6.89. The van der Waals surface area contributed by atoms with Crippen molar-refractivity contribution in [3.8, 4) is 11.3 Å². The van der Waals surface area contributed by atoms with Crippen molar-refractivity contribution in [3.63, 3.8) is 0 Å². The Morgan fingerprint density at radius 2 is 1.88 bits per heavy atom. The zero-order chi connectivity index (χ0) is 17.1. The monoisotopic (exact) mass is 341 g/mol. The standard InChI is InChI=1S/C19H16ClNO3/c1-12-16(22)14-8-5-9-15(19(23)21-11-10-20)18(14)24-17(12)13-6-3-2-4-7-13/h2-9H,10-11H2,1H3,(H,21,23). The van der Waals surface area contributed by atoms with Crippen LogP contribution in [-0.2, 0) is 0 Å². The van der Waals surface area contributed by atoms with Crippen molar-refractivity contribution < 1.29 is 9.21 Å². The highest BCUT2D eigenvalue weighted by atomic mass is 35.5. The number of hydrogen-bond acceptors (Lipinski definition) is 3. The maximum atomic E-state index is 12.7. The highest BCUT2D eigenvalue weighted by molar-refractivity contribution is 6.18. The van der Waals surface area contributed by atoms with Crippen molar-refractivity contribution in [1.29, 1.82) is 0 Å². The summed E-state index contributed by atoms with van der Waals surface area (Å²) >= 11 is 5.61. The SMILES string of the molecule is Cc1c(-c2ccccc2)oc2c(C(=O)NCCCl)cccc2c1=O. The Labute approximate surface area is 144 Å². The lowest BCUT2D eigenvalue weighted by Crippen LogP contribution is -2.25. The molecule has 3 rings (SSSR count). The highest BCUT2D eigenvalue weighted by Crippen LogP contribution is 2.27. The summed E-state index contributed by atoms with van der Waals surface area (Å²) in [5.74, 6) is 0.479. The van der Waals surface area contributed by atoms with Gasteiger partial charge in [-0.15, -0.1) is 11.6 Å². The molecular formula is C19H16ClNO3. The lowest BCUT2D eigenvalue weighted by Gasteiger charge is -2.10. The summed E-state index contributed by atoms with van der Waals surface area (Å²) in [5, 5.41) is 3.10. The van der Waals surface area contributed by atoms with E-state index in [4.69, 9.17) is 16.0 Å². The minimum absolute atomic E-state index is 0.137. The molecule has 0 aliphatic rings. The van der Waals surface area contributed by atoms with Gasteiger partial charge in [-0.2, -0.15) is 0 Å². The Hall–Kier alpha value is -2.59. The van der Waals surface area contributed by atoms with Gasteiger partial charge in [-0.25, -0.2) is 0 Å². The third-order valence-electron chi connectivity index (χ3n) is 3.81. The van der Waals surface area contributed by atoms with Crippen LogP contribution < -0.4 is 10.7 Å². The number of halogens is 1. The lowest BCUT2D eigenvalue weighted by atomic mass is 10.0. The zero-order valence-electron chi connectivity index (χ0n) is 13.1. The first-order chi connectivity index (χ1) is 11.6. The molecule has 0 atom stereocenters. The van der Waals surface area contributed by atoms with Gasteiger partial charge in [0.15, 0.2) is 11.0 Å². The predicted molar refractivity (Wildman–Crippen MR) is 95.7 cm³/mol. The smallest absolute Gasteiger partial charge is 0.255 e. The molecular weight excluding hydrogens is 326 g/mol. The summed E-state index contributed by atoms with van der Waals surface area (Å²) in [4.78, 5) is 25.0. The number of nitrogens with one attached hydrogen (secondary N) is 1. The van der Waals surface area contributed by atoms with Crippen LogP contribution in [0.3, 0.4) is 0 Å². The van der Waals surface area contributed by atoms with Crippen molar-refractivity contribution in [2.75, 3.05) is 12.4 Å². The first-order valence-corrected chi connectivity index (χ1v) is 8.13. The average molecular weight is 342 g/mol. The fraction of sp³-hybridized carbons (Fsp3) is 0.158. The molecule has 0 aliphatic heterocycles. The van der Waals surface area contributed by atoms with Crippen LogP contribution in [0, 0.1) is 6.92 Å². The van der Waals surface area contributed by atoms with Gasteiger partial charge in [0.1, 0.15) is 5.76 Å². The van der Waals surface area contributed by atoms with Gasteiger partial charge in [0.2, 0.25) is 0 Å². The van der Waals surface area contributed by atoms with Gasteiger partial charge in [-0.05, 0) is 19.1 Å². The van der Waals surface area contributed by atoms with Crippen molar-refractivity contribution in [3.05, 3.63) is 69.9 Å². The minimum atomic E-state index is -0.313. The van der Waals surface area contributed by atoms with Crippen LogP contribution in [0.25, 0.3) is 22.3 Å². The van der Waals surface area contributed by atoms with E-state index < -0.39 is 0 Å². The molecule has 0 saturated carbocycles. The van der Waals surface area contributed by atoms with Crippen LogP contribution in [-0.4, -0.2) is 18.3 Å². The Morgan fingerprint density at radius 1 is 1.12 bits per heavy atom. The van der Waals surface area contributed by atoms with Gasteiger partial charge < -0.3 is 9.73 Å². The zero-order valence-corrected chi connectivity index (χ0v) is 13.9. The number of carbonyl (C=O) groups is 1. The van der Waals surface area contributed by atoms with E-state index in [2.05, 4.69) is 5.32 Å². The van der Waals surface area contributed by atoms with Crippen molar-refractivity contribution in [2.45, 2.75) is 6.92 Å². The number of carbonyl (C=O) groups excluding carboxylic acids is 1. The van der Waals surface area contributed by atoms with Crippen LogP contribution in [0.4, 0.5) is 0 Å². The molecule has 0 bridgehead atoms. The van der Waals surface area contributed by atoms with Gasteiger partial charge >= 0.3 is 0 Å².